The molecule has 1 aromatic carbocycles. The second kappa shape index (κ2) is 6.01. The van der Waals surface area contributed by atoms with Gasteiger partial charge >= 0.3 is 0 Å². The summed E-state index contributed by atoms with van der Waals surface area (Å²) in [5.74, 6) is -0.214. The van der Waals surface area contributed by atoms with Gasteiger partial charge < -0.3 is 10.6 Å². The highest BCUT2D eigenvalue weighted by Gasteiger charge is 2.27. The van der Waals surface area contributed by atoms with Crippen LogP contribution >= 0.6 is 15.9 Å². The zero-order chi connectivity index (χ0) is 14.0. The molecule has 104 valence electrons. The first-order chi connectivity index (χ1) is 9.00. The first-order valence-electron chi connectivity index (χ1n) is 6.49. The summed E-state index contributed by atoms with van der Waals surface area (Å²) in [6, 6.07) is 4.61. The van der Waals surface area contributed by atoms with Crippen molar-refractivity contribution in [1.29, 1.82) is 0 Å². The lowest BCUT2D eigenvalue weighted by molar-refractivity contribution is 0.0659. The normalized spacial score (nSPS) is 21.3. The molecular weight excluding hydrogens is 311 g/mol. The first-order valence-corrected chi connectivity index (χ1v) is 7.29. The third kappa shape index (κ3) is 3.15. The summed E-state index contributed by atoms with van der Waals surface area (Å²) >= 11 is 3.14. The Morgan fingerprint density at radius 2 is 2.32 bits per heavy atom. The van der Waals surface area contributed by atoms with Crippen LogP contribution in [0.2, 0.25) is 0 Å². The lowest BCUT2D eigenvalue weighted by atomic mass is 9.92. The Morgan fingerprint density at radius 1 is 1.58 bits per heavy atom. The van der Waals surface area contributed by atoms with E-state index in [1.165, 1.54) is 6.07 Å². The fraction of sp³-hybridized carbons (Fsp3) is 0.500. The van der Waals surface area contributed by atoms with Crippen molar-refractivity contribution in [2.75, 3.05) is 13.1 Å². The van der Waals surface area contributed by atoms with E-state index in [-0.39, 0.29) is 16.4 Å². The fourth-order valence-corrected chi connectivity index (χ4v) is 2.90. The molecule has 1 aromatic rings. The van der Waals surface area contributed by atoms with Crippen molar-refractivity contribution >= 4 is 21.8 Å². The van der Waals surface area contributed by atoms with Gasteiger partial charge in [0.15, 0.2) is 0 Å². The smallest absolute Gasteiger partial charge is 0.255 e. The Labute approximate surface area is 121 Å². The van der Waals surface area contributed by atoms with Crippen molar-refractivity contribution < 1.29 is 9.18 Å². The molecule has 19 heavy (non-hydrogen) atoms. The Kier molecular flexibility index (Phi) is 4.58. The molecule has 1 saturated heterocycles. The molecule has 0 radical (unpaired) electrons. The van der Waals surface area contributed by atoms with E-state index in [2.05, 4.69) is 15.9 Å². The van der Waals surface area contributed by atoms with Crippen molar-refractivity contribution in [3.63, 3.8) is 0 Å². The number of carbonyl (C=O) groups is 1. The number of hydrogen-bond acceptors (Lipinski definition) is 2. The minimum Gasteiger partial charge on any atom is -0.338 e. The van der Waals surface area contributed by atoms with E-state index in [0.29, 0.717) is 24.6 Å². The summed E-state index contributed by atoms with van der Waals surface area (Å²) in [6.07, 6.45) is 2.00. The van der Waals surface area contributed by atoms with Crippen LogP contribution < -0.4 is 5.73 Å². The molecule has 0 spiro atoms. The van der Waals surface area contributed by atoms with Crippen LogP contribution in [0.4, 0.5) is 4.39 Å². The summed E-state index contributed by atoms with van der Waals surface area (Å²) in [5.41, 5.74) is 6.29. The number of nitrogens with zero attached hydrogens (tertiary/aromatic N) is 1. The van der Waals surface area contributed by atoms with Gasteiger partial charge in [0.2, 0.25) is 0 Å². The summed E-state index contributed by atoms with van der Waals surface area (Å²) in [6.45, 7) is 3.33. The predicted octanol–water partition coefficient (Wildman–Crippen LogP) is 2.79. The van der Waals surface area contributed by atoms with Gasteiger partial charge in [0, 0.05) is 19.1 Å². The summed E-state index contributed by atoms with van der Waals surface area (Å²) in [7, 11) is 0. The molecule has 2 atom stereocenters. The van der Waals surface area contributed by atoms with Crippen LogP contribution in [0, 0.1) is 11.7 Å². The van der Waals surface area contributed by atoms with Crippen LogP contribution in [0.5, 0.6) is 0 Å². The molecular formula is C14H18BrFN2O. The van der Waals surface area contributed by atoms with E-state index >= 15 is 0 Å². The molecule has 2 rings (SSSR count). The van der Waals surface area contributed by atoms with Crippen LogP contribution in [-0.4, -0.2) is 29.9 Å². The van der Waals surface area contributed by atoms with E-state index in [1.807, 2.05) is 6.92 Å². The highest BCUT2D eigenvalue weighted by Crippen LogP contribution is 2.25. The second-order valence-corrected chi connectivity index (χ2v) is 5.91. The SMILES string of the molecule is CC(N)C1CCCN(C(=O)c2cccc(F)c2Br)C1. The van der Waals surface area contributed by atoms with Gasteiger partial charge in [0.05, 0.1) is 10.0 Å². The highest BCUT2D eigenvalue weighted by molar-refractivity contribution is 9.10. The minimum atomic E-state index is -0.411. The zero-order valence-electron chi connectivity index (χ0n) is 10.9. The summed E-state index contributed by atoms with van der Waals surface area (Å²) in [5, 5.41) is 0. The molecule has 3 nitrogen and oxygen atoms in total. The van der Waals surface area contributed by atoms with Crippen molar-refractivity contribution in [1.82, 2.24) is 4.90 Å². The predicted molar refractivity (Wildman–Crippen MR) is 76.4 cm³/mol. The quantitative estimate of drug-likeness (QED) is 0.907. The van der Waals surface area contributed by atoms with Gasteiger partial charge in [-0.2, -0.15) is 0 Å². The molecule has 5 heteroatoms. The largest absolute Gasteiger partial charge is 0.338 e. The Hall–Kier alpha value is -0.940. The van der Waals surface area contributed by atoms with E-state index in [9.17, 15) is 9.18 Å². The van der Waals surface area contributed by atoms with Gasteiger partial charge in [-0.1, -0.05) is 6.07 Å². The highest BCUT2D eigenvalue weighted by atomic mass is 79.9. The number of halogens is 2. The lowest BCUT2D eigenvalue weighted by Gasteiger charge is -2.34. The zero-order valence-corrected chi connectivity index (χ0v) is 12.5. The number of amides is 1. The van der Waals surface area contributed by atoms with Gasteiger partial charge in [-0.3, -0.25) is 4.79 Å². The number of hydrogen-bond donors (Lipinski definition) is 1. The van der Waals surface area contributed by atoms with E-state index in [4.69, 9.17) is 5.73 Å². The van der Waals surface area contributed by atoms with Crippen molar-refractivity contribution in [2.24, 2.45) is 11.7 Å². The van der Waals surface area contributed by atoms with Crippen LogP contribution in [0.15, 0.2) is 22.7 Å². The number of likely N-dealkylation sites (tertiary alicyclic amines) is 1. The minimum absolute atomic E-state index is 0.0755. The molecule has 0 saturated carbocycles. The van der Waals surface area contributed by atoms with Crippen LogP contribution in [0.3, 0.4) is 0 Å². The Balaban J connectivity index is 2.17. The van der Waals surface area contributed by atoms with Gasteiger partial charge in [-0.15, -0.1) is 0 Å². The van der Waals surface area contributed by atoms with Crippen molar-refractivity contribution in [3.8, 4) is 0 Å². The number of carbonyl (C=O) groups excluding carboxylic acids is 1. The van der Waals surface area contributed by atoms with Gasteiger partial charge in [-0.05, 0) is 53.7 Å². The average Bonchev–Trinajstić information content (AvgIpc) is 2.41. The van der Waals surface area contributed by atoms with Gasteiger partial charge in [0.25, 0.3) is 5.91 Å². The van der Waals surface area contributed by atoms with Crippen LogP contribution in [0.1, 0.15) is 30.1 Å². The molecule has 1 aliphatic rings. The maximum atomic E-state index is 13.5. The standard InChI is InChI=1S/C14H18BrFN2O/c1-9(17)10-4-3-7-18(8-10)14(19)11-5-2-6-12(16)13(11)15/h2,5-6,9-10H,3-4,7-8,17H2,1H3. The third-order valence-corrected chi connectivity index (χ3v) is 4.48. The van der Waals surface area contributed by atoms with E-state index in [1.54, 1.807) is 17.0 Å². The number of rotatable bonds is 2. The van der Waals surface area contributed by atoms with Crippen molar-refractivity contribution in [2.45, 2.75) is 25.8 Å². The molecule has 0 aliphatic carbocycles. The number of nitrogens with two attached hydrogens (primary N) is 1. The summed E-state index contributed by atoms with van der Waals surface area (Å²) in [4.78, 5) is 14.2. The Bertz CT molecular complexity index is 479. The monoisotopic (exact) mass is 328 g/mol. The molecule has 1 amide bonds. The fourth-order valence-electron chi connectivity index (χ4n) is 2.46. The topological polar surface area (TPSA) is 46.3 Å². The molecule has 0 bridgehead atoms. The molecule has 0 aromatic heterocycles. The van der Waals surface area contributed by atoms with Gasteiger partial charge in [-0.25, -0.2) is 4.39 Å². The molecule has 1 heterocycles. The maximum absolute atomic E-state index is 13.5. The van der Waals surface area contributed by atoms with E-state index < -0.39 is 5.82 Å². The first kappa shape index (κ1) is 14.5. The van der Waals surface area contributed by atoms with Crippen LogP contribution in [0.25, 0.3) is 0 Å². The summed E-state index contributed by atoms with van der Waals surface area (Å²) < 4.78 is 13.7. The Morgan fingerprint density at radius 3 is 3.00 bits per heavy atom. The van der Waals surface area contributed by atoms with E-state index in [0.717, 1.165) is 12.8 Å². The van der Waals surface area contributed by atoms with Crippen molar-refractivity contribution in [3.05, 3.63) is 34.1 Å². The third-order valence-electron chi connectivity index (χ3n) is 3.67. The van der Waals surface area contributed by atoms with Crippen LogP contribution in [-0.2, 0) is 0 Å². The molecule has 2 N–H and O–H groups in total. The second-order valence-electron chi connectivity index (χ2n) is 5.11. The number of piperidine rings is 1. The average molecular weight is 329 g/mol. The molecule has 2 unspecified atom stereocenters. The molecule has 1 fully saturated rings. The van der Waals surface area contributed by atoms with Gasteiger partial charge in [0.1, 0.15) is 5.82 Å². The lowest BCUT2D eigenvalue weighted by Crippen LogP contribution is -2.45. The number of benzene rings is 1. The maximum Gasteiger partial charge on any atom is 0.255 e. The molecule has 1 aliphatic heterocycles.